The van der Waals surface area contributed by atoms with Gasteiger partial charge in [0.15, 0.2) is 0 Å². The first-order chi connectivity index (χ1) is 26.6. The highest BCUT2D eigenvalue weighted by atomic mass is 32.1. The molecule has 8 rings (SSSR count). The molecule has 3 aromatic heterocycles. The van der Waals surface area contributed by atoms with E-state index in [1.165, 1.54) is 24.6 Å². The molecule has 0 spiro atoms. The molecule has 2 saturated heterocycles. The first kappa shape index (κ1) is 36.9. The smallest absolute Gasteiger partial charge is 0.203 e. The molecule has 1 unspecified atom stereocenters. The Hall–Kier alpha value is -5.04. The van der Waals surface area contributed by atoms with Crippen LogP contribution in [0.4, 0.5) is 0 Å². The lowest BCUT2D eigenvalue weighted by Crippen LogP contribution is -2.44. The zero-order valence-corrected chi connectivity index (χ0v) is 32.5. The molecule has 0 bridgehead atoms. The number of thiazole rings is 1. The summed E-state index contributed by atoms with van der Waals surface area (Å²) in [7, 11) is 1.54. The zero-order chi connectivity index (χ0) is 38.5. The number of nitrogens with zero attached hydrogens (tertiary/aromatic N) is 4. The van der Waals surface area contributed by atoms with Gasteiger partial charge in [0, 0.05) is 26.2 Å². The summed E-state index contributed by atoms with van der Waals surface area (Å²) in [5.74, 6) is 2.09. The molecule has 55 heavy (non-hydrogen) atoms. The van der Waals surface area contributed by atoms with E-state index < -0.39 is 0 Å². The van der Waals surface area contributed by atoms with Gasteiger partial charge in [0.1, 0.15) is 45.5 Å². The summed E-state index contributed by atoms with van der Waals surface area (Å²) in [4.78, 5) is 40.7. The average molecular weight is 762 g/mol. The van der Waals surface area contributed by atoms with Crippen molar-refractivity contribution in [1.29, 1.82) is 0 Å². The molecule has 0 amide bonds. The summed E-state index contributed by atoms with van der Waals surface area (Å²) in [6, 6.07) is 13.1. The number of piperidine rings is 2. The highest BCUT2D eigenvalue weighted by molar-refractivity contribution is 7.21. The number of phenolic OH excluding ortho intramolecular Hbond substituents is 2. The van der Waals surface area contributed by atoms with Gasteiger partial charge in [0.25, 0.3) is 0 Å². The van der Waals surface area contributed by atoms with Crippen LogP contribution >= 0.6 is 11.3 Å². The molecule has 2 atom stereocenters. The van der Waals surface area contributed by atoms with E-state index in [-0.39, 0.29) is 39.8 Å². The largest absolute Gasteiger partial charge is 0.507 e. The summed E-state index contributed by atoms with van der Waals surface area (Å²) in [5, 5.41) is 23.8. The third-order valence-electron chi connectivity index (χ3n) is 12.0. The second-order valence-corrected chi connectivity index (χ2v) is 16.2. The average Bonchev–Trinajstić information content (AvgIpc) is 3.61. The monoisotopic (exact) mass is 761 g/mol. The summed E-state index contributed by atoms with van der Waals surface area (Å²) in [6.07, 6.45) is 6.12. The maximum Gasteiger partial charge on any atom is 0.203 e. The minimum absolute atomic E-state index is 0.122. The van der Waals surface area contributed by atoms with Crippen LogP contribution in [-0.2, 0) is 19.5 Å². The molecule has 2 aliphatic rings. The molecule has 2 fully saturated rings. The van der Waals surface area contributed by atoms with Crippen molar-refractivity contribution in [3.8, 4) is 22.1 Å². The summed E-state index contributed by atoms with van der Waals surface area (Å²) in [5.41, 5.74) is 9.96. The van der Waals surface area contributed by atoms with Crippen LogP contribution in [0.2, 0.25) is 0 Å². The van der Waals surface area contributed by atoms with Crippen LogP contribution in [0.1, 0.15) is 67.5 Å². The normalized spacial score (nSPS) is 19.2. The number of nitrogens with two attached hydrogens (primary N) is 1. The molecule has 6 aromatic rings. The van der Waals surface area contributed by atoms with Crippen molar-refractivity contribution >= 4 is 49.3 Å². The van der Waals surface area contributed by atoms with Crippen molar-refractivity contribution in [2.75, 3.05) is 26.7 Å². The Labute approximate surface area is 322 Å². The van der Waals surface area contributed by atoms with Crippen LogP contribution < -0.4 is 16.6 Å². The van der Waals surface area contributed by atoms with Crippen molar-refractivity contribution in [1.82, 2.24) is 14.8 Å². The van der Waals surface area contributed by atoms with Crippen LogP contribution in [0.15, 0.2) is 72.1 Å². The number of rotatable bonds is 8. The van der Waals surface area contributed by atoms with Crippen LogP contribution in [0.5, 0.6) is 11.5 Å². The van der Waals surface area contributed by atoms with E-state index in [0.29, 0.717) is 86.3 Å². The van der Waals surface area contributed by atoms with Crippen molar-refractivity contribution < 1.29 is 19.0 Å². The molecule has 11 nitrogen and oxygen atoms in total. The minimum Gasteiger partial charge on any atom is -0.507 e. The molecule has 286 valence electrons. The van der Waals surface area contributed by atoms with Gasteiger partial charge < -0.3 is 24.8 Å². The Kier molecular flexibility index (Phi) is 9.99. The molecule has 5 heterocycles. The zero-order valence-electron chi connectivity index (χ0n) is 31.7. The fourth-order valence-electron chi connectivity index (χ4n) is 8.83. The number of fused-ring (bicyclic) bond motifs is 3. The molecule has 0 radical (unpaired) electrons. The van der Waals surface area contributed by atoms with Crippen molar-refractivity contribution in [2.24, 2.45) is 22.6 Å². The number of aryl methyl sites for hydroxylation is 2. The van der Waals surface area contributed by atoms with Gasteiger partial charge in [-0.2, -0.15) is 0 Å². The molecular weight excluding hydrogens is 715 g/mol. The summed E-state index contributed by atoms with van der Waals surface area (Å²) >= 11 is 1.48. The molecule has 2 aliphatic heterocycles. The fraction of sp³-hybridized carbons (Fsp3) is 0.395. The molecule has 0 aliphatic carbocycles. The number of aromatic nitrogens is 1. The number of phenols is 2. The van der Waals surface area contributed by atoms with E-state index in [1.807, 2.05) is 31.2 Å². The van der Waals surface area contributed by atoms with E-state index in [1.54, 1.807) is 25.1 Å². The number of amidine groups is 1. The number of aromatic hydroxyl groups is 2. The topological polar surface area (TPSA) is 159 Å². The van der Waals surface area contributed by atoms with Crippen molar-refractivity contribution in [3.05, 3.63) is 97.2 Å². The quantitative estimate of drug-likeness (QED) is 0.106. The molecule has 12 heteroatoms. The summed E-state index contributed by atoms with van der Waals surface area (Å²) < 4.78 is 13.4. The minimum atomic E-state index is -0.246. The number of para-hydroxylation sites is 1. The maximum absolute atomic E-state index is 13.9. The fourth-order valence-corrected chi connectivity index (χ4v) is 9.88. The highest BCUT2D eigenvalue weighted by Crippen LogP contribution is 2.39. The van der Waals surface area contributed by atoms with E-state index in [0.717, 1.165) is 55.5 Å². The third kappa shape index (κ3) is 6.70. The Balaban J connectivity index is 0.946. The Morgan fingerprint density at radius 1 is 0.982 bits per heavy atom. The Bertz CT molecular complexity index is 2550. The van der Waals surface area contributed by atoms with Crippen LogP contribution in [0.25, 0.3) is 42.7 Å². The standard InChI is InChI=1S/C43H47N5O6S/c1-5-25-19-29-38(51)32(42(44)45-4)22-53-40(29)31(37(25)50)20-47-15-12-26(13-16-47)27-14-17-48(23(2)18-27)21-30-34(49)11-10-28-39(52)36(24(3)54-41(28)30)43-46-33-8-6-7-9-35(33)55-43/h6-11,19,22-23,26-27,49-50H,5,12-18,20-21H2,1-4H3,(H2,44,45)/t23-,27?/m1/s1. The predicted molar refractivity (Wildman–Crippen MR) is 218 cm³/mol. The van der Waals surface area contributed by atoms with Gasteiger partial charge in [-0.05, 0) is 113 Å². The lowest BCUT2D eigenvalue weighted by atomic mass is 9.76. The van der Waals surface area contributed by atoms with Gasteiger partial charge in [-0.3, -0.25) is 24.4 Å². The molecule has 4 N–H and O–H groups in total. The molecule has 3 aromatic carbocycles. The van der Waals surface area contributed by atoms with E-state index in [9.17, 15) is 19.8 Å². The van der Waals surface area contributed by atoms with E-state index >= 15 is 0 Å². The van der Waals surface area contributed by atoms with Gasteiger partial charge >= 0.3 is 0 Å². The maximum atomic E-state index is 13.9. The second-order valence-electron chi connectivity index (χ2n) is 15.2. The number of likely N-dealkylation sites (tertiary alicyclic amines) is 2. The lowest BCUT2D eigenvalue weighted by molar-refractivity contribution is 0.0599. The predicted octanol–water partition coefficient (Wildman–Crippen LogP) is 7.31. The Morgan fingerprint density at radius 2 is 1.75 bits per heavy atom. The summed E-state index contributed by atoms with van der Waals surface area (Å²) in [6.45, 7) is 9.64. The van der Waals surface area contributed by atoms with Gasteiger partial charge in [0.2, 0.25) is 10.9 Å². The first-order valence-electron chi connectivity index (χ1n) is 19.2. The number of hydrogen-bond donors (Lipinski definition) is 3. The first-order valence-corrected chi connectivity index (χ1v) is 20.0. The van der Waals surface area contributed by atoms with Gasteiger partial charge in [0.05, 0.1) is 43.2 Å². The number of hydrogen-bond acceptors (Lipinski definition) is 11. The number of aliphatic imine (C=N–C) groups is 1. The van der Waals surface area contributed by atoms with Crippen molar-refractivity contribution in [3.63, 3.8) is 0 Å². The second kappa shape index (κ2) is 14.9. The highest BCUT2D eigenvalue weighted by Gasteiger charge is 2.34. The molecular formula is C43H47N5O6S. The van der Waals surface area contributed by atoms with Crippen LogP contribution in [0, 0.1) is 18.8 Å². The SMILES string of the molecule is CCc1cc2c(=O)c(C(N)=NC)coc2c(CN2CCC(C3CCN(Cc4c(O)ccc5c(=O)c(-c6nc7ccccc7s6)c(C)oc45)[C@H](C)C3)CC2)c1O. The van der Waals surface area contributed by atoms with Crippen LogP contribution in [0.3, 0.4) is 0 Å². The number of benzene rings is 3. The van der Waals surface area contributed by atoms with Gasteiger partial charge in [-0.1, -0.05) is 19.1 Å². The van der Waals surface area contributed by atoms with Gasteiger partial charge in [-0.25, -0.2) is 4.98 Å². The van der Waals surface area contributed by atoms with Crippen LogP contribution in [-0.4, -0.2) is 63.6 Å². The van der Waals surface area contributed by atoms with Crippen molar-refractivity contribution in [2.45, 2.75) is 72.0 Å². The van der Waals surface area contributed by atoms with E-state index in [4.69, 9.17) is 19.6 Å². The van der Waals surface area contributed by atoms with Gasteiger partial charge in [-0.15, -0.1) is 11.3 Å². The lowest BCUT2D eigenvalue weighted by Gasteiger charge is -2.43. The third-order valence-corrected chi connectivity index (χ3v) is 13.1. The van der Waals surface area contributed by atoms with E-state index in [2.05, 4.69) is 21.7 Å². The molecule has 0 saturated carbocycles. The Morgan fingerprint density at radius 3 is 2.47 bits per heavy atom.